The third kappa shape index (κ3) is 4.51. The van der Waals surface area contributed by atoms with E-state index in [0.717, 1.165) is 55.8 Å². The molecular formula is C20H29N5O. The van der Waals surface area contributed by atoms with Crippen molar-refractivity contribution < 1.29 is 4.79 Å². The van der Waals surface area contributed by atoms with Crippen LogP contribution in [0.2, 0.25) is 0 Å². The molecule has 3 rings (SSSR count). The molecule has 0 saturated carbocycles. The zero-order valence-corrected chi connectivity index (χ0v) is 16.0. The number of H-pyrrole nitrogens is 1. The van der Waals surface area contributed by atoms with Crippen LogP contribution >= 0.6 is 0 Å². The number of piperidine rings is 1. The summed E-state index contributed by atoms with van der Waals surface area (Å²) in [4.78, 5) is 19.5. The lowest BCUT2D eigenvalue weighted by molar-refractivity contribution is 0.0603. The fourth-order valence-electron chi connectivity index (χ4n) is 3.43. The van der Waals surface area contributed by atoms with Crippen LogP contribution in [0.3, 0.4) is 0 Å². The first kappa shape index (κ1) is 18.6. The standard InChI is InChI=1S/C20H29N5O/c1-23(2)13-14-24(3)18-5-4-12-25(15-18)20(26)17-8-6-16(7-9-17)19-10-11-21-22-19/h6-11,18H,4-5,12-15H2,1-3H3,(H,21,22). The van der Waals surface area contributed by atoms with Gasteiger partial charge in [-0.25, -0.2) is 0 Å². The zero-order chi connectivity index (χ0) is 18.5. The minimum absolute atomic E-state index is 0.131. The number of benzene rings is 1. The van der Waals surface area contributed by atoms with Gasteiger partial charge in [0.25, 0.3) is 5.91 Å². The second kappa shape index (κ2) is 8.47. The number of carbonyl (C=O) groups is 1. The van der Waals surface area contributed by atoms with E-state index in [0.29, 0.717) is 6.04 Å². The lowest BCUT2D eigenvalue weighted by Gasteiger charge is -2.38. The Morgan fingerprint density at radius 2 is 1.96 bits per heavy atom. The highest BCUT2D eigenvalue weighted by atomic mass is 16.2. The van der Waals surface area contributed by atoms with Gasteiger partial charge in [-0.15, -0.1) is 0 Å². The van der Waals surface area contributed by atoms with Crippen LogP contribution in [-0.2, 0) is 0 Å². The van der Waals surface area contributed by atoms with Crippen molar-refractivity contribution in [2.75, 3.05) is 47.3 Å². The summed E-state index contributed by atoms with van der Waals surface area (Å²) in [5.74, 6) is 0.131. The predicted octanol–water partition coefficient (Wildman–Crippen LogP) is 2.17. The molecule has 0 spiro atoms. The van der Waals surface area contributed by atoms with Gasteiger partial charge in [0.1, 0.15) is 0 Å². The smallest absolute Gasteiger partial charge is 0.253 e. The molecule has 1 aliphatic heterocycles. The Labute approximate surface area is 155 Å². The molecule has 0 bridgehead atoms. The number of rotatable bonds is 6. The third-order valence-electron chi connectivity index (χ3n) is 5.15. The lowest BCUT2D eigenvalue weighted by Crippen LogP contribution is -2.49. The van der Waals surface area contributed by atoms with Gasteiger partial charge in [0.15, 0.2) is 0 Å². The summed E-state index contributed by atoms with van der Waals surface area (Å²) in [5.41, 5.74) is 2.76. The topological polar surface area (TPSA) is 55.5 Å². The first-order valence-corrected chi connectivity index (χ1v) is 9.28. The molecule has 1 atom stereocenters. The van der Waals surface area contributed by atoms with E-state index in [2.05, 4.69) is 41.1 Å². The van der Waals surface area contributed by atoms with Crippen molar-refractivity contribution in [3.63, 3.8) is 0 Å². The average Bonchev–Trinajstić information content (AvgIpc) is 3.20. The molecule has 140 valence electrons. The molecule has 2 heterocycles. The van der Waals surface area contributed by atoms with Crippen molar-refractivity contribution in [2.24, 2.45) is 0 Å². The summed E-state index contributed by atoms with van der Waals surface area (Å²) in [6.45, 7) is 3.72. The number of aromatic nitrogens is 2. The fraction of sp³-hybridized carbons (Fsp3) is 0.500. The maximum atomic E-state index is 12.9. The van der Waals surface area contributed by atoms with Gasteiger partial charge in [-0.05, 0) is 57.7 Å². The van der Waals surface area contributed by atoms with E-state index < -0.39 is 0 Å². The number of amides is 1. The Hall–Kier alpha value is -2.18. The molecule has 1 aromatic carbocycles. The molecule has 1 unspecified atom stereocenters. The number of nitrogens with one attached hydrogen (secondary N) is 1. The van der Waals surface area contributed by atoms with Gasteiger partial charge >= 0.3 is 0 Å². The van der Waals surface area contributed by atoms with Crippen LogP contribution in [0.25, 0.3) is 11.3 Å². The van der Waals surface area contributed by atoms with E-state index in [1.165, 1.54) is 0 Å². The summed E-state index contributed by atoms with van der Waals surface area (Å²) in [6, 6.07) is 10.2. The van der Waals surface area contributed by atoms with Crippen LogP contribution in [0.15, 0.2) is 36.5 Å². The van der Waals surface area contributed by atoms with E-state index in [1.807, 2.05) is 35.2 Å². The van der Waals surface area contributed by atoms with Crippen molar-refractivity contribution in [1.82, 2.24) is 24.9 Å². The quantitative estimate of drug-likeness (QED) is 0.863. The van der Waals surface area contributed by atoms with Crippen LogP contribution in [-0.4, -0.2) is 84.2 Å². The van der Waals surface area contributed by atoms with Crippen LogP contribution in [0.4, 0.5) is 0 Å². The Morgan fingerprint density at radius 1 is 1.19 bits per heavy atom. The van der Waals surface area contributed by atoms with Crippen LogP contribution in [0, 0.1) is 0 Å². The van der Waals surface area contributed by atoms with Crippen molar-refractivity contribution in [1.29, 1.82) is 0 Å². The minimum Gasteiger partial charge on any atom is -0.337 e. The van der Waals surface area contributed by atoms with Gasteiger partial charge in [-0.3, -0.25) is 9.89 Å². The molecule has 1 fully saturated rings. The van der Waals surface area contributed by atoms with Gasteiger partial charge in [0, 0.05) is 44.0 Å². The maximum Gasteiger partial charge on any atom is 0.253 e. The predicted molar refractivity (Wildman–Crippen MR) is 104 cm³/mol. The summed E-state index contributed by atoms with van der Waals surface area (Å²) in [6.07, 6.45) is 3.95. The van der Waals surface area contributed by atoms with Crippen molar-refractivity contribution in [2.45, 2.75) is 18.9 Å². The molecule has 1 amide bonds. The molecule has 2 aromatic rings. The minimum atomic E-state index is 0.131. The number of carbonyl (C=O) groups excluding carboxylic acids is 1. The number of likely N-dealkylation sites (N-methyl/N-ethyl adjacent to an activating group) is 2. The Morgan fingerprint density at radius 3 is 2.62 bits per heavy atom. The Kier molecular flexibility index (Phi) is 6.06. The van der Waals surface area contributed by atoms with Crippen molar-refractivity contribution in [3.8, 4) is 11.3 Å². The molecule has 1 aliphatic rings. The number of aromatic amines is 1. The summed E-state index contributed by atoms with van der Waals surface area (Å²) >= 11 is 0. The molecule has 26 heavy (non-hydrogen) atoms. The first-order chi connectivity index (χ1) is 12.5. The number of nitrogens with zero attached hydrogens (tertiary/aromatic N) is 4. The number of hydrogen-bond donors (Lipinski definition) is 1. The highest BCUT2D eigenvalue weighted by Crippen LogP contribution is 2.20. The van der Waals surface area contributed by atoms with Gasteiger partial charge in [0.05, 0.1) is 5.69 Å². The molecule has 6 nitrogen and oxygen atoms in total. The monoisotopic (exact) mass is 355 g/mol. The highest BCUT2D eigenvalue weighted by Gasteiger charge is 2.26. The van der Waals surface area contributed by atoms with E-state index in [-0.39, 0.29) is 5.91 Å². The SMILES string of the molecule is CN(C)CCN(C)C1CCCN(C(=O)c2ccc(-c3ccn[nH]3)cc2)C1. The molecule has 6 heteroatoms. The molecular weight excluding hydrogens is 326 g/mol. The second-order valence-electron chi connectivity index (χ2n) is 7.38. The molecule has 1 aromatic heterocycles. The normalized spacial score (nSPS) is 17.9. The molecule has 1 N–H and O–H groups in total. The van der Waals surface area contributed by atoms with Crippen LogP contribution < -0.4 is 0 Å². The van der Waals surface area contributed by atoms with E-state index >= 15 is 0 Å². The van der Waals surface area contributed by atoms with Gasteiger partial charge in [0.2, 0.25) is 0 Å². The maximum absolute atomic E-state index is 12.9. The zero-order valence-electron chi connectivity index (χ0n) is 16.0. The largest absolute Gasteiger partial charge is 0.337 e. The van der Waals surface area contributed by atoms with Gasteiger partial charge in [-0.2, -0.15) is 5.10 Å². The van der Waals surface area contributed by atoms with Crippen molar-refractivity contribution >= 4 is 5.91 Å². The molecule has 1 saturated heterocycles. The molecule has 0 aliphatic carbocycles. The Bertz CT molecular complexity index is 696. The van der Waals surface area contributed by atoms with Gasteiger partial charge < -0.3 is 14.7 Å². The summed E-state index contributed by atoms with van der Waals surface area (Å²) < 4.78 is 0. The summed E-state index contributed by atoms with van der Waals surface area (Å²) in [5, 5.41) is 6.92. The number of likely N-dealkylation sites (tertiary alicyclic amines) is 1. The van der Waals surface area contributed by atoms with E-state index in [9.17, 15) is 4.79 Å². The van der Waals surface area contributed by atoms with E-state index in [4.69, 9.17) is 0 Å². The highest BCUT2D eigenvalue weighted by molar-refractivity contribution is 5.94. The van der Waals surface area contributed by atoms with Crippen molar-refractivity contribution in [3.05, 3.63) is 42.1 Å². The lowest BCUT2D eigenvalue weighted by atomic mass is 10.0. The van der Waals surface area contributed by atoms with E-state index in [1.54, 1.807) is 6.20 Å². The second-order valence-corrected chi connectivity index (χ2v) is 7.38. The first-order valence-electron chi connectivity index (χ1n) is 9.28. The van der Waals surface area contributed by atoms with Crippen LogP contribution in [0.1, 0.15) is 23.2 Å². The third-order valence-corrected chi connectivity index (χ3v) is 5.15. The van der Waals surface area contributed by atoms with Crippen LogP contribution in [0.5, 0.6) is 0 Å². The average molecular weight is 355 g/mol. The summed E-state index contributed by atoms with van der Waals surface area (Å²) in [7, 11) is 6.36. The number of hydrogen-bond acceptors (Lipinski definition) is 4. The fourth-order valence-corrected chi connectivity index (χ4v) is 3.43. The molecule has 0 radical (unpaired) electrons. The van der Waals surface area contributed by atoms with Gasteiger partial charge in [-0.1, -0.05) is 12.1 Å². The Balaban J connectivity index is 1.62.